The third-order valence-corrected chi connectivity index (χ3v) is 2.75. The van der Waals surface area contributed by atoms with Crippen LogP contribution in [0.4, 0.5) is 0 Å². The molecule has 0 radical (unpaired) electrons. The number of nitrogens with zero attached hydrogens (tertiary/aromatic N) is 1. The van der Waals surface area contributed by atoms with Crippen molar-refractivity contribution in [1.82, 2.24) is 4.98 Å². The van der Waals surface area contributed by atoms with Gasteiger partial charge in [0.25, 0.3) is 0 Å². The summed E-state index contributed by atoms with van der Waals surface area (Å²) in [7, 11) is 0. The standard InChI is InChI=1S/C16H17NO3/c1-2-19-16-11-13(12-18)6-7-15(16)20-10-8-14-5-3-4-9-17-14/h3-7,9,11-12H,2,8,10H2,1H3. The van der Waals surface area contributed by atoms with Crippen LogP contribution in [0.5, 0.6) is 11.5 Å². The quantitative estimate of drug-likeness (QED) is 0.726. The lowest BCUT2D eigenvalue weighted by Gasteiger charge is -2.12. The van der Waals surface area contributed by atoms with Crippen LogP contribution < -0.4 is 9.47 Å². The van der Waals surface area contributed by atoms with Crippen LogP contribution in [0.2, 0.25) is 0 Å². The summed E-state index contributed by atoms with van der Waals surface area (Å²) in [6.45, 7) is 2.93. The van der Waals surface area contributed by atoms with E-state index in [1.807, 2.05) is 25.1 Å². The molecule has 0 fully saturated rings. The Morgan fingerprint density at radius 3 is 2.75 bits per heavy atom. The zero-order valence-corrected chi connectivity index (χ0v) is 11.4. The highest BCUT2D eigenvalue weighted by Crippen LogP contribution is 2.28. The number of aldehydes is 1. The summed E-state index contributed by atoms with van der Waals surface area (Å²) in [6, 6.07) is 11.0. The lowest BCUT2D eigenvalue weighted by Crippen LogP contribution is -2.05. The van der Waals surface area contributed by atoms with Gasteiger partial charge in [0, 0.05) is 23.9 Å². The normalized spacial score (nSPS) is 10.1. The molecule has 104 valence electrons. The molecule has 0 aliphatic rings. The molecule has 0 aliphatic carbocycles. The Morgan fingerprint density at radius 1 is 1.15 bits per heavy atom. The lowest BCUT2D eigenvalue weighted by molar-refractivity contribution is 0.112. The van der Waals surface area contributed by atoms with Gasteiger partial charge in [0.1, 0.15) is 6.29 Å². The molecule has 1 heterocycles. The summed E-state index contributed by atoms with van der Waals surface area (Å²) in [6.07, 6.45) is 3.28. The van der Waals surface area contributed by atoms with Crippen molar-refractivity contribution in [3.05, 3.63) is 53.9 Å². The van der Waals surface area contributed by atoms with E-state index in [0.29, 0.717) is 30.3 Å². The van der Waals surface area contributed by atoms with Crippen LogP contribution in [0, 0.1) is 0 Å². The minimum absolute atomic E-state index is 0.511. The molecule has 4 heteroatoms. The van der Waals surface area contributed by atoms with Crippen LogP contribution >= 0.6 is 0 Å². The van der Waals surface area contributed by atoms with Gasteiger partial charge in [-0.3, -0.25) is 9.78 Å². The molecule has 0 saturated heterocycles. The van der Waals surface area contributed by atoms with E-state index >= 15 is 0 Å². The number of carbonyl (C=O) groups is 1. The molecule has 0 unspecified atom stereocenters. The molecule has 4 nitrogen and oxygen atoms in total. The fourth-order valence-corrected chi connectivity index (χ4v) is 1.80. The number of aromatic nitrogens is 1. The average molecular weight is 271 g/mol. The molecular weight excluding hydrogens is 254 g/mol. The largest absolute Gasteiger partial charge is 0.490 e. The molecule has 0 saturated carbocycles. The maximum Gasteiger partial charge on any atom is 0.161 e. The van der Waals surface area contributed by atoms with Crippen molar-refractivity contribution in [3.63, 3.8) is 0 Å². The van der Waals surface area contributed by atoms with E-state index in [1.54, 1.807) is 24.4 Å². The van der Waals surface area contributed by atoms with Gasteiger partial charge in [-0.2, -0.15) is 0 Å². The number of ether oxygens (including phenoxy) is 2. The van der Waals surface area contributed by atoms with Crippen molar-refractivity contribution in [1.29, 1.82) is 0 Å². The Bertz CT molecular complexity index is 555. The SMILES string of the molecule is CCOc1cc(C=O)ccc1OCCc1ccccn1. The maximum atomic E-state index is 10.8. The van der Waals surface area contributed by atoms with Gasteiger partial charge in [-0.25, -0.2) is 0 Å². The highest BCUT2D eigenvalue weighted by molar-refractivity contribution is 5.76. The minimum Gasteiger partial charge on any atom is -0.490 e. The average Bonchev–Trinajstić information content (AvgIpc) is 2.50. The summed E-state index contributed by atoms with van der Waals surface area (Å²) < 4.78 is 11.2. The zero-order valence-electron chi connectivity index (χ0n) is 11.4. The third-order valence-electron chi connectivity index (χ3n) is 2.75. The van der Waals surface area contributed by atoms with Crippen LogP contribution in [0.1, 0.15) is 23.0 Å². The van der Waals surface area contributed by atoms with Gasteiger partial charge < -0.3 is 9.47 Å². The number of hydrogen-bond donors (Lipinski definition) is 0. The number of rotatable bonds is 7. The highest BCUT2D eigenvalue weighted by Gasteiger charge is 2.06. The van der Waals surface area contributed by atoms with E-state index in [0.717, 1.165) is 18.4 Å². The van der Waals surface area contributed by atoms with Crippen molar-refractivity contribution in [3.8, 4) is 11.5 Å². The summed E-state index contributed by atoms with van der Waals surface area (Å²) in [4.78, 5) is 15.0. The van der Waals surface area contributed by atoms with E-state index in [9.17, 15) is 4.79 Å². The first kappa shape index (κ1) is 14.1. The first-order chi connectivity index (χ1) is 9.83. The van der Waals surface area contributed by atoms with E-state index in [4.69, 9.17) is 9.47 Å². The summed E-state index contributed by atoms with van der Waals surface area (Å²) in [5.74, 6) is 1.24. The van der Waals surface area contributed by atoms with E-state index in [-0.39, 0.29) is 0 Å². The van der Waals surface area contributed by atoms with Crippen LogP contribution in [-0.2, 0) is 6.42 Å². The number of hydrogen-bond acceptors (Lipinski definition) is 4. The van der Waals surface area contributed by atoms with E-state index in [1.165, 1.54) is 0 Å². The fourth-order valence-electron chi connectivity index (χ4n) is 1.80. The molecule has 0 atom stereocenters. The summed E-state index contributed by atoms with van der Waals surface area (Å²) in [5, 5.41) is 0. The number of benzene rings is 1. The summed E-state index contributed by atoms with van der Waals surface area (Å²) in [5.41, 5.74) is 1.56. The molecule has 20 heavy (non-hydrogen) atoms. The number of pyridine rings is 1. The second kappa shape index (κ2) is 7.28. The van der Waals surface area contributed by atoms with Crippen LogP contribution in [0.25, 0.3) is 0 Å². The fraction of sp³-hybridized carbons (Fsp3) is 0.250. The molecule has 0 amide bonds. The third kappa shape index (κ3) is 3.82. The molecule has 2 aromatic rings. The van der Waals surface area contributed by atoms with Crippen molar-refractivity contribution in [2.75, 3.05) is 13.2 Å². The molecule has 2 rings (SSSR count). The first-order valence-corrected chi connectivity index (χ1v) is 6.58. The van der Waals surface area contributed by atoms with Gasteiger partial charge in [0.15, 0.2) is 11.5 Å². The Morgan fingerprint density at radius 2 is 2.05 bits per heavy atom. The van der Waals surface area contributed by atoms with Crippen LogP contribution in [0.3, 0.4) is 0 Å². The van der Waals surface area contributed by atoms with Gasteiger partial charge in [-0.1, -0.05) is 6.07 Å². The second-order valence-electron chi connectivity index (χ2n) is 4.18. The Labute approximate surface area is 118 Å². The molecule has 1 aromatic carbocycles. The monoisotopic (exact) mass is 271 g/mol. The molecule has 0 N–H and O–H groups in total. The number of carbonyl (C=O) groups excluding carboxylic acids is 1. The van der Waals surface area contributed by atoms with Crippen LogP contribution in [-0.4, -0.2) is 24.5 Å². The Kier molecular flexibility index (Phi) is 5.12. The van der Waals surface area contributed by atoms with Crippen molar-refractivity contribution < 1.29 is 14.3 Å². The maximum absolute atomic E-state index is 10.8. The smallest absolute Gasteiger partial charge is 0.161 e. The molecule has 1 aromatic heterocycles. The van der Waals surface area contributed by atoms with Crippen LogP contribution in [0.15, 0.2) is 42.6 Å². The Hall–Kier alpha value is -2.36. The van der Waals surface area contributed by atoms with Gasteiger partial charge >= 0.3 is 0 Å². The highest BCUT2D eigenvalue weighted by atomic mass is 16.5. The zero-order chi connectivity index (χ0) is 14.2. The van der Waals surface area contributed by atoms with Gasteiger partial charge in [-0.15, -0.1) is 0 Å². The van der Waals surface area contributed by atoms with Crippen molar-refractivity contribution in [2.45, 2.75) is 13.3 Å². The minimum atomic E-state index is 0.511. The molecular formula is C16H17NO3. The lowest BCUT2D eigenvalue weighted by atomic mass is 10.2. The van der Waals surface area contributed by atoms with Gasteiger partial charge in [-0.05, 0) is 37.3 Å². The van der Waals surface area contributed by atoms with E-state index in [2.05, 4.69) is 4.98 Å². The molecule has 0 bridgehead atoms. The van der Waals surface area contributed by atoms with Gasteiger partial charge in [0.2, 0.25) is 0 Å². The summed E-state index contributed by atoms with van der Waals surface area (Å²) >= 11 is 0. The molecule has 0 spiro atoms. The Balaban J connectivity index is 1.99. The van der Waals surface area contributed by atoms with Crippen molar-refractivity contribution in [2.24, 2.45) is 0 Å². The predicted octanol–water partition coefficient (Wildman–Crippen LogP) is 2.91. The predicted molar refractivity (Wildman–Crippen MR) is 76.4 cm³/mol. The molecule has 0 aliphatic heterocycles. The van der Waals surface area contributed by atoms with Crippen molar-refractivity contribution >= 4 is 6.29 Å². The van der Waals surface area contributed by atoms with Gasteiger partial charge in [0.05, 0.1) is 13.2 Å². The first-order valence-electron chi connectivity index (χ1n) is 6.58. The second-order valence-corrected chi connectivity index (χ2v) is 4.18. The topological polar surface area (TPSA) is 48.4 Å². The van der Waals surface area contributed by atoms with E-state index < -0.39 is 0 Å².